The Hall–Kier alpha value is -1.10. The van der Waals surface area contributed by atoms with Crippen molar-refractivity contribution in [1.29, 1.82) is 0 Å². The Morgan fingerprint density at radius 2 is 1.58 bits per heavy atom. The van der Waals surface area contributed by atoms with Crippen LogP contribution in [0.15, 0.2) is 17.0 Å². The van der Waals surface area contributed by atoms with Gasteiger partial charge in [-0.2, -0.15) is 4.39 Å². The van der Waals surface area contributed by atoms with Crippen LogP contribution in [0.3, 0.4) is 0 Å². The second kappa shape index (κ2) is 12.2. The van der Waals surface area contributed by atoms with E-state index in [2.05, 4.69) is 6.92 Å². The highest BCUT2D eigenvalue weighted by atomic mass is 32.2. The van der Waals surface area contributed by atoms with E-state index < -0.39 is 17.6 Å². The molecule has 2 aliphatic carbocycles. The van der Waals surface area contributed by atoms with Gasteiger partial charge in [-0.05, 0) is 80.6 Å². The molecule has 0 aromatic heterocycles. The van der Waals surface area contributed by atoms with Crippen LogP contribution in [0.2, 0.25) is 0 Å². The highest BCUT2D eigenvalue weighted by Crippen LogP contribution is 2.42. The van der Waals surface area contributed by atoms with E-state index in [9.17, 15) is 13.6 Å². The molecule has 0 spiro atoms. The molecule has 174 valence electrons. The normalized spacial score (nSPS) is 26.6. The maximum atomic E-state index is 14.4. The molecule has 2 aliphatic rings. The molecule has 0 saturated heterocycles. The van der Waals surface area contributed by atoms with Gasteiger partial charge in [0.25, 0.3) is 0 Å². The summed E-state index contributed by atoms with van der Waals surface area (Å²) in [5, 5.41) is 0. The molecule has 2 fully saturated rings. The van der Waals surface area contributed by atoms with Gasteiger partial charge in [0, 0.05) is 4.90 Å². The minimum Gasteiger partial charge on any atom is -0.423 e. The number of unbranched alkanes of at least 4 members (excludes halogenated alkanes) is 1. The topological polar surface area (TPSA) is 26.3 Å². The van der Waals surface area contributed by atoms with Crippen molar-refractivity contribution in [2.75, 3.05) is 5.75 Å². The quantitative estimate of drug-likeness (QED) is 0.215. The summed E-state index contributed by atoms with van der Waals surface area (Å²) in [5.41, 5.74) is 0. The van der Waals surface area contributed by atoms with Crippen LogP contribution in [0.4, 0.5) is 8.78 Å². The number of ether oxygens (including phenoxy) is 1. The maximum Gasteiger partial charge on any atom is 0.314 e. The van der Waals surface area contributed by atoms with E-state index >= 15 is 0 Å². The fraction of sp³-hybridized carbons (Fsp3) is 0.731. The smallest absolute Gasteiger partial charge is 0.314 e. The molecule has 0 amide bonds. The van der Waals surface area contributed by atoms with E-state index in [4.69, 9.17) is 4.74 Å². The molecule has 0 bridgehead atoms. The number of hydrogen-bond acceptors (Lipinski definition) is 3. The molecule has 5 heteroatoms. The Kier molecular flexibility index (Phi) is 9.68. The Morgan fingerprint density at radius 3 is 2.19 bits per heavy atom. The fourth-order valence-electron chi connectivity index (χ4n) is 5.38. The highest BCUT2D eigenvalue weighted by molar-refractivity contribution is 7.99. The predicted molar refractivity (Wildman–Crippen MR) is 123 cm³/mol. The van der Waals surface area contributed by atoms with E-state index in [-0.39, 0.29) is 16.6 Å². The molecule has 0 aliphatic heterocycles. The Labute approximate surface area is 190 Å². The number of carbonyl (C=O) groups is 1. The average Bonchev–Trinajstić information content (AvgIpc) is 2.80. The number of thioether (sulfide) groups is 1. The molecular weight excluding hydrogens is 414 g/mol. The second-order valence-corrected chi connectivity index (χ2v) is 10.6. The van der Waals surface area contributed by atoms with Gasteiger partial charge in [0.1, 0.15) is 0 Å². The largest absolute Gasteiger partial charge is 0.423 e. The molecular formula is C26H38F2O2S. The van der Waals surface area contributed by atoms with E-state index in [1.165, 1.54) is 68.8 Å². The molecule has 0 unspecified atom stereocenters. The molecule has 0 atom stereocenters. The molecule has 1 aromatic rings. The van der Waals surface area contributed by atoms with Gasteiger partial charge in [-0.25, -0.2) is 4.39 Å². The Bertz CT molecular complexity index is 708. The number of esters is 1. The van der Waals surface area contributed by atoms with E-state index in [0.717, 1.165) is 49.7 Å². The zero-order valence-electron chi connectivity index (χ0n) is 19.1. The van der Waals surface area contributed by atoms with Gasteiger partial charge in [0.15, 0.2) is 11.6 Å². The van der Waals surface area contributed by atoms with Crippen molar-refractivity contribution in [3.05, 3.63) is 23.8 Å². The zero-order chi connectivity index (χ0) is 22.2. The lowest BCUT2D eigenvalue weighted by atomic mass is 9.68. The third-order valence-electron chi connectivity index (χ3n) is 7.31. The SMILES string of the molecule is CCCCC1CCC(C2CCC(C(=O)Oc3ccc(SCCC)c(F)c3F)CC2)CC1. The standard InChI is InChI=1S/C26H38F2O2S/c1-3-5-6-18-7-9-19(10-8-18)20-11-13-21(14-12-20)26(29)30-22-15-16-23(31-17-4-2)25(28)24(22)27/h15-16,18-21H,3-14,17H2,1-2H3. The monoisotopic (exact) mass is 452 g/mol. The Balaban J connectivity index is 1.46. The van der Waals surface area contributed by atoms with E-state index in [1.807, 2.05) is 6.92 Å². The lowest BCUT2D eigenvalue weighted by Gasteiger charge is -2.37. The summed E-state index contributed by atoms with van der Waals surface area (Å²) in [6.45, 7) is 4.26. The van der Waals surface area contributed by atoms with Crippen LogP contribution in [0.1, 0.15) is 90.9 Å². The molecule has 2 saturated carbocycles. The summed E-state index contributed by atoms with van der Waals surface area (Å²) in [5.74, 6) is 0.294. The van der Waals surface area contributed by atoms with Crippen molar-refractivity contribution < 1.29 is 18.3 Å². The first-order valence-corrected chi connectivity index (χ1v) is 13.3. The molecule has 2 nitrogen and oxygen atoms in total. The van der Waals surface area contributed by atoms with Crippen LogP contribution in [-0.4, -0.2) is 11.7 Å². The van der Waals surface area contributed by atoms with Crippen molar-refractivity contribution >= 4 is 17.7 Å². The van der Waals surface area contributed by atoms with Gasteiger partial charge in [-0.1, -0.05) is 46.0 Å². The molecule has 31 heavy (non-hydrogen) atoms. The lowest BCUT2D eigenvalue weighted by Crippen LogP contribution is -2.30. The van der Waals surface area contributed by atoms with Crippen LogP contribution in [0.25, 0.3) is 0 Å². The summed E-state index contributed by atoms with van der Waals surface area (Å²) in [6, 6.07) is 2.89. The summed E-state index contributed by atoms with van der Waals surface area (Å²) >= 11 is 1.28. The van der Waals surface area contributed by atoms with Crippen LogP contribution >= 0.6 is 11.8 Å². The number of rotatable bonds is 9. The summed E-state index contributed by atoms with van der Waals surface area (Å²) in [7, 11) is 0. The molecule has 0 heterocycles. The highest BCUT2D eigenvalue weighted by Gasteiger charge is 2.34. The van der Waals surface area contributed by atoms with Crippen LogP contribution in [0.5, 0.6) is 5.75 Å². The van der Waals surface area contributed by atoms with Crippen LogP contribution in [-0.2, 0) is 4.79 Å². The van der Waals surface area contributed by atoms with Gasteiger partial charge >= 0.3 is 5.97 Å². The van der Waals surface area contributed by atoms with Gasteiger partial charge in [0.2, 0.25) is 5.82 Å². The van der Waals surface area contributed by atoms with E-state index in [1.54, 1.807) is 0 Å². The molecule has 0 N–H and O–H groups in total. The molecule has 0 radical (unpaired) electrons. The zero-order valence-corrected chi connectivity index (χ0v) is 20.0. The van der Waals surface area contributed by atoms with E-state index in [0.29, 0.717) is 5.92 Å². The fourth-order valence-corrected chi connectivity index (χ4v) is 6.18. The summed E-state index contributed by atoms with van der Waals surface area (Å²) < 4.78 is 33.9. The average molecular weight is 453 g/mol. The van der Waals surface area contributed by atoms with Gasteiger partial charge < -0.3 is 4.74 Å². The predicted octanol–water partition coefficient (Wildman–Crippen LogP) is 8.18. The third kappa shape index (κ3) is 6.69. The number of benzene rings is 1. The summed E-state index contributed by atoms with van der Waals surface area (Å²) in [4.78, 5) is 12.9. The third-order valence-corrected chi connectivity index (χ3v) is 8.55. The van der Waals surface area contributed by atoms with Crippen LogP contribution < -0.4 is 4.74 Å². The van der Waals surface area contributed by atoms with Crippen molar-refractivity contribution in [1.82, 2.24) is 0 Å². The van der Waals surface area contributed by atoms with Gasteiger partial charge in [-0.15, -0.1) is 11.8 Å². The van der Waals surface area contributed by atoms with Crippen molar-refractivity contribution in [2.45, 2.75) is 95.8 Å². The van der Waals surface area contributed by atoms with Crippen molar-refractivity contribution in [2.24, 2.45) is 23.7 Å². The first kappa shape index (κ1) is 24.5. The summed E-state index contributed by atoms with van der Waals surface area (Å²) in [6.07, 6.45) is 14.0. The minimum absolute atomic E-state index is 0.200. The first-order chi connectivity index (χ1) is 15.0. The second-order valence-electron chi connectivity index (χ2n) is 9.49. The first-order valence-electron chi connectivity index (χ1n) is 12.4. The number of halogens is 2. The number of carbonyl (C=O) groups excluding carboxylic acids is 1. The molecule has 1 aromatic carbocycles. The van der Waals surface area contributed by atoms with Crippen LogP contribution in [0, 0.1) is 35.3 Å². The maximum absolute atomic E-state index is 14.4. The van der Waals surface area contributed by atoms with Gasteiger partial charge in [-0.3, -0.25) is 4.79 Å². The van der Waals surface area contributed by atoms with Gasteiger partial charge in [0.05, 0.1) is 5.92 Å². The Morgan fingerprint density at radius 1 is 0.935 bits per heavy atom. The van der Waals surface area contributed by atoms with Crippen molar-refractivity contribution in [3.8, 4) is 5.75 Å². The minimum atomic E-state index is -1.05. The lowest BCUT2D eigenvalue weighted by molar-refractivity contribution is -0.140. The molecule has 3 rings (SSSR count). The van der Waals surface area contributed by atoms with Crippen molar-refractivity contribution in [3.63, 3.8) is 0 Å². The number of hydrogen-bond donors (Lipinski definition) is 0.